The Morgan fingerprint density at radius 3 is 2.76 bits per heavy atom. The molecule has 1 heterocycles. The maximum atomic E-state index is 11.9. The number of carbonyl (C=O) groups excluding carboxylic acids is 1. The number of nitrogens with two attached hydrogens (primary N) is 1. The minimum absolute atomic E-state index is 0. The smallest absolute Gasteiger partial charge is 0.224 e. The number of amides is 1. The fourth-order valence-electron chi connectivity index (χ4n) is 2.14. The van der Waals surface area contributed by atoms with E-state index in [2.05, 4.69) is 13.8 Å². The number of carbonyl (C=O) groups is 1. The number of hydrogen-bond acceptors (Lipinski definition) is 4. The zero-order valence-electron chi connectivity index (χ0n) is 13.5. The molecule has 1 fully saturated rings. The summed E-state index contributed by atoms with van der Waals surface area (Å²) in [5.41, 5.74) is 5.98. The van der Waals surface area contributed by atoms with Crippen LogP contribution in [0.3, 0.4) is 0 Å². The van der Waals surface area contributed by atoms with Crippen LogP contribution in [0.5, 0.6) is 0 Å². The van der Waals surface area contributed by atoms with E-state index in [0.717, 1.165) is 25.9 Å². The predicted octanol–water partition coefficient (Wildman–Crippen LogP) is 1.83. The van der Waals surface area contributed by atoms with Gasteiger partial charge in [-0.25, -0.2) is 0 Å². The molecule has 21 heavy (non-hydrogen) atoms. The van der Waals surface area contributed by atoms with Crippen LogP contribution in [0.1, 0.15) is 39.5 Å². The number of nitrogens with zero attached hydrogens (tertiary/aromatic N) is 1. The Balaban J connectivity index is 0.00000400. The SMILES string of the molecule is CC(C)C(N)CCN(C)C(=O)CCOCC1CCCO1.Cl. The molecule has 1 amide bonds. The molecule has 0 bridgehead atoms. The van der Waals surface area contributed by atoms with Crippen LogP contribution in [-0.2, 0) is 14.3 Å². The first-order valence-electron chi connectivity index (χ1n) is 7.69. The van der Waals surface area contributed by atoms with Crippen molar-refractivity contribution in [3.8, 4) is 0 Å². The lowest BCUT2D eigenvalue weighted by molar-refractivity contribution is -0.131. The molecule has 0 aromatic heterocycles. The maximum absolute atomic E-state index is 11.9. The van der Waals surface area contributed by atoms with Gasteiger partial charge in [-0.3, -0.25) is 4.79 Å². The second-order valence-electron chi connectivity index (χ2n) is 5.97. The Morgan fingerprint density at radius 2 is 2.19 bits per heavy atom. The Labute approximate surface area is 134 Å². The molecule has 6 heteroatoms. The highest BCUT2D eigenvalue weighted by Gasteiger charge is 2.16. The molecule has 2 unspecified atom stereocenters. The molecule has 0 aromatic rings. The van der Waals surface area contributed by atoms with Crippen molar-refractivity contribution in [2.75, 3.05) is 33.4 Å². The highest BCUT2D eigenvalue weighted by molar-refractivity contribution is 5.85. The summed E-state index contributed by atoms with van der Waals surface area (Å²) in [6.45, 7) is 6.83. The average Bonchev–Trinajstić information content (AvgIpc) is 2.93. The lowest BCUT2D eigenvalue weighted by Gasteiger charge is -2.21. The third-order valence-electron chi connectivity index (χ3n) is 3.87. The van der Waals surface area contributed by atoms with E-state index in [0.29, 0.717) is 32.1 Å². The molecule has 126 valence electrons. The topological polar surface area (TPSA) is 64.8 Å². The van der Waals surface area contributed by atoms with E-state index in [9.17, 15) is 4.79 Å². The lowest BCUT2D eigenvalue weighted by Crippen LogP contribution is -2.35. The van der Waals surface area contributed by atoms with Crippen molar-refractivity contribution in [2.45, 2.75) is 51.7 Å². The summed E-state index contributed by atoms with van der Waals surface area (Å²) in [6, 6.07) is 0.154. The summed E-state index contributed by atoms with van der Waals surface area (Å²) >= 11 is 0. The van der Waals surface area contributed by atoms with Crippen molar-refractivity contribution in [1.29, 1.82) is 0 Å². The third-order valence-corrected chi connectivity index (χ3v) is 3.87. The summed E-state index contributed by atoms with van der Waals surface area (Å²) in [7, 11) is 1.83. The molecular formula is C15H31ClN2O3. The molecule has 1 aliphatic rings. The van der Waals surface area contributed by atoms with Gasteiger partial charge >= 0.3 is 0 Å². The van der Waals surface area contributed by atoms with E-state index < -0.39 is 0 Å². The van der Waals surface area contributed by atoms with Crippen molar-refractivity contribution in [1.82, 2.24) is 4.90 Å². The molecule has 0 saturated carbocycles. The van der Waals surface area contributed by atoms with Gasteiger partial charge in [0.2, 0.25) is 5.91 Å². The zero-order valence-corrected chi connectivity index (χ0v) is 14.4. The monoisotopic (exact) mass is 322 g/mol. The first kappa shape index (κ1) is 20.6. The number of ether oxygens (including phenoxy) is 2. The van der Waals surface area contributed by atoms with E-state index in [1.165, 1.54) is 0 Å². The van der Waals surface area contributed by atoms with Crippen LogP contribution in [-0.4, -0.2) is 56.4 Å². The van der Waals surface area contributed by atoms with Crippen LogP contribution in [0, 0.1) is 5.92 Å². The Hall–Kier alpha value is -0.360. The van der Waals surface area contributed by atoms with Crippen LogP contribution >= 0.6 is 12.4 Å². The largest absolute Gasteiger partial charge is 0.378 e. The van der Waals surface area contributed by atoms with Crippen LogP contribution in [0.2, 0.25) is 0 Å². The van der Waals surface area contributed by atoms with Crippen LogP contribution in [0.4, 0.5) is 0 Å². The summed E-state index contributed by atoms with van der Waals surface area (Å²) in [5.74, 6) is 0.571. The quantitative estimate of drug-likeness (QED) is 0.658. The van der Waals surface area contributed by atoms with Gasteiger partial charge < -0.3 is 20.1 Å². The van der Waals surface area contributed by atoms with Gasteiger partial charge in [-0.05, 0) is 25.2 Å². The second kappa shape index (κ2) is 11.2. The summed E-state index contributed by atoms with van der Waals surface area (Å²) in [4.78, 5) is 13.6. The van der Waals surface area contributed by atoms with Crippen molar-refractivity contribution < 1.29 is 14.3 Å². The van der Waals surface area contributed by atoms with Crippen LogP contribution in [0.15, 0.2) is 0 Å². The van der Waals surface area contributed by atoms with Crippen molar-refractivity contribution in [3.05, 3.63) is 0 Å². The molecular weight excluding hydrogens is 292 g/mol. The predicted molar refractivity (Wildman–Crippen MR) is 86.7 cm³/mol. The summed E-state index contributed by atoms with van der Waals surface area (Å²) < 4.78 is 11.0. The second-order valence-corrected chi connectivity index (χ2v) is 5.97. The van der Waals surface area contributed by atoms with Gasteiger partial charge in [0.25, 0.3) is 0 Å². The third kappa shape index (κ3) is 8.61. The first-order valence-corrected chi connectivity index (χ1v) is 7.69. The van der Waals surface area contributed by atoms with Crippen LogP contribution < -0.4 is 5.73 Å². The van der Waals surface area contributed by atoms with Gasteiger partial charge in [0, 0.05) is 26.2 Å². The van der Waals surface area contributed by atoms with E-state index in [1.807, 2.05) is 7.05 Å². The van der Waals surface area contributed by atoms with E-state index in [4.69, 9.17) is 15.2 Å². The minimum atomic E-state index is 0. The van der Waals surface area contributed by atoms with Gasteiger partial charge in [-0.1, -0.05) is 13.8 Å². The van der Waals surface area contributed by atoms with Crippen molar-refractivity contribution in [2.24, 2.45) is 11.7 Å². The fraction of sp³-hybridized carbons (Fsp3) is 0.933. The van der Waals surface area contributed by atoms with Gasteiger partial charge in [-0.15, -0.1) is 12.4 Å². The lowest BCUT2D eigenvalue weighted by atomic mass is 10.0. The number of rotatable bonds is 9. The molecule has 0 aromatic carbocycles. The zero-order chi connectivity index (χ0) is 15.0. The standard InChI is InChI=1S/C15H30N2O3.ClH/c1-12(2)14(16)6-8-17(3)15(18)7-10-19-11-13-5-4-9-20-13;/h12-14H,4-11,16H2,1-3H3;1H. The molecule has 1 rings (SSSR count). The molecule has 0 radical (unpaired) electrons. The van der Waals surface area contributed by atoms with Gasteiger partial charge in [0.05, 0.1) is 25.7 Å². The average molecular weight is 323 g/mol. The van der Waals surface area contributed by atoms with Crippen molar-refractivity contribution in [3.63, 3.8) is 0 Å². The summed E-state index contributed by atoms with van der Waals surface area (Å²) in [5, 5.41) is 0. The Morgan fingerprint density at radius 1 is 1.48 bits per heavy atom. The number of hydrogen-bond donors (Lipinski definition) is 1. The molecule has 5 nitrogen and oxygen atoms in total. The molecule has 1 saturated heterocycles. The highest BCUT2D eigenvalue weighted by atomic mass is 35.5. The normalized spacial score (nSPS) is 19.4. The Bertz CT molecular complexity index is 284. The van der Waals surface area contributed by atoms with E-state index in [-0.39, 0.29) is 30.5 Å². The molecule has 0 aliphatic carbocycles. The molecule has 0 spiro atoms. The van der Waals surface area contributed by atoms with Crippen molar-refractivity contribution >= 4 is 18.3 Å². The first-order chi connectivity index (χ1) is 9.50. The van der Waals surface area contributed by atoms with Gasteiger partial charge in [0.15, 0.2) is 0 Å². The minimum Gasteiger partial charge on any atom is -0.378 e. The maximum Gasteiger partial charge on any atom is 0.224 e. The highest BCUT2D eigenvalue weighted by Crippen LogP contribution is 2.12. The summed E-state index contributed by atoms with van der Waals surface area (Å²) in [6.07, 6.45) is 3.69. The number of halogens is 1. The molecule has 1 aliphatic heterocycles. The Kier molecular flexibility index (Phi) is 11.0. The van der Waals surface area contributed by atoms with Gasteiger partial charge in [0.1, 0.15) is 0 Å². The van der Waals surface area contributed by atoms with E-state index >= 15 is 0 Å². The van der Waals surface area contributed by atoms with Gasteiger partial charge in [-0.2, -0.15) is 0 Å². The molecule has 2 atom stereocenters. The van der Waals surface area contributed by atoms with E-state index in [1.54, 1.807) is 4.90 Å². The molecule has 2 N–H and O–H groups in total. The van der Waals surface area contributed by atoms with Crippen LogP contribution in [0.25, 0.3) is 0 Å². The fourth-order valence-corrected chi connectivity index (χ4v) is 2.14.